The fourth-order valence-corrected chi connectivity index (χ4v) is 2.08. The van der Waals surface area contributed by atoms with Crippen molar-refractivity contribution in [3.8, 4) is 12.3 Å². The van der Waals surface area contributed by atoms with Gasteiger partial charge in [-0.1, -0.05) is 12.8 Å². The van der Waals surface area contributed by atoms with Gasteiger partial charge in [-0.05, 0) is 26.0 Å². The highest BCUT2D eigenvalue weighted by molar-refractivity contribution is 5.70. The van der Waals surface area contributed by atoms with Crippen LogP contribution in [0.4, 0.5) is 11.5 Å². The van der Waals surface area contributed by atoms with Crippen LogP contribution >= 0.6 is 0 Å². The largest absolute Gasteiger partial charge is 0.481 e. The minimum absolute atomic E-state index is 0.365. The smallest absolute Gasteiger partial charge is 0.308 e. The minimum Gasteiger partial charge on any atom is -0.481 e. The van der Waals surface area contributed by atoms with Crippen molar-refractivity contribution in [2.45, 2.75) is 20.8 Å². The van der Waals surface area contributed by atoms with E-state index in [1.807, 2.05) is 17.0 Å². The van der Waals surface area contributed by atoms with Gasteiger partial charge in [0, 0.05) is 19.6 Å². The number of rotatable bonds is 8. The van der Waals surface area contributed by atoms with E-state index in [2.05, 4.69) is 29.7 Å². The Morgan fingerprint density at radius 2 is 2.05 bits per heavy atom. The molecule has 1 aromatic heterocycles. The molecule has 0 spiro atoms. The molecule has 1 atom stereocenters. The molecule has 0 aromatic carbocycles. The Morgan fingerprint density at radius 1 is 1.38 bits per heavy atom. The summed E-state index contributed by atoms with van der Waals surface area (Å²) in [6, 6.07) is 3.88. The average Bonchev–Trinajstić information content (AvgIpc) is 2.48. The Labute approximate surface area is 126 Å². The summed E-state index contributed by atoms with van der Waals surface area (Å²) in [6.07, 6.45) is 7.12. The number of aliphatic carboxylic acids is 1. The number of aromatic nitrogens is 1. The maximum Gasteiger partial charge on any atom is 0.308 e. The number of pyridine rings is 1. The lowest BCUT2D eigenvalue weighted by atomic mass is 10.1. The molecular weight excluding hydrogens is 266 g/mol. The molecule has 1 heterocycles. The second-order valence-electron chi connectivity index (χ2n) is 4.87. The number of hydrogen-bond donors (Lipinski definition) is 1. The second-order valence-corrected chi connectivity index (χ2v) is 4.87. The summed E-state index contributed by atoms with van der Waals surface area (Å²) in [5.74, 6) is 2.16. The Hall–Kier alpha value is -2.22. The summed E-state index contributed by atoms with van der Waals surface area (Å²) in [5, 5.41) is 9.03. The zero-order valence-corrected chi connectivity index (χ0v) is 12.9. The van der Waals surface area contributed by atoms with E-state index in [9.17, 15) is 4.79 Å². The van der Waals surface area contributed by atoms with Gasteiger partial charge in [-0.15, -0.1) is 6.42 Å². The van der Waals surface area contributed by atoms with Gasteiger partial charge in [-0.3, -0.25) is 4.79 Å². The monoisotopic (exact) mass is 289 g/mol. The lowest BCUT2D eigenvalue weighted by Gasteiger charge is -2.25. The third-order valence-electron chi connectivity index (χ3n) is 3.38. The highest BCUT2D eigenvalue weighted by Gasteiger charge is 2.16. The first-order valence-corrected chi connectivity index (χ1v) is 7.15. The molecule has 0 bridgehead atoms. The van der Waals surface area contributed by atoms with Crippen molar-refractivity contribution in [1.29, 1.82) is 0 Å². The third kappa shape index (κ3) is 4.67. The fourth-order valence-electron chi connectivity index (χ4n) is 2.08. The van der Waals surface area contributed by atoms with Crippen LogP contribution in [0.3, 0.4) is 0 Å². The molecule has 0 aliphatic rings. The molecule has 0 saturated carbocycles. The lowest BCUT2D eigenvalue weighted by Crippen LogP contribution is -2.32. The molecular formula is C16H23N3O2. The zero-order valence-electron chi connectivity index (χ0n) is 12.9. The summed E-state index contributed by atoms with van der Waals surface area (Å²) < 4.78 is 0. The maximum absolute atomic E-state index is 11.0. The summed E-state index contributed by atoms with van der Waals surface area (Å²) in [5.41, 5.74) is 0.844. The Kier molecular flexibility index (Phi) is 6.54. The molecule has 1 aromatic rings. The van der Waals surface area contributed by atoms with Crippen LogP contribution < -0.4 is 9.80 Å². The van der Waals surface area contributed by atoms with E-state index in [-0.39, 0.29) is 0 Å². The number of carboxylic acids is 1. The molecule has 21 heavy (non-hydrogen) atoms. The van der Waals surface area contributed by atoms with Gasteiger partial charge in [0.25, 0.3) is 0 Å². The van der Waals surface area contributed by atoms with Crippen LogP contribution in [0.1, 0.15) is 20.8 Å². The third-order valence-corrected chi connectivity index (χ3v) is 3.38. The number of nitrogens with zero attached hydrogens (tertiary/aromatic N) is 3. The van der Waals surface area contributed by atoms with E-state index < -0.39 is 11.9 Å². The van der Waals surface area contributed by atoms with Crippen LogP contribution in [0, 0.1) is 18.3 Å². The van der Waals surface area contributed by atoms with Gasteiger partial charge >= 0.3 is 5.97 Å². The van der Waals surface area contributed by atoms with E-state index in [0.717, 1.165) is 24.6 Å². The van der Waals surface area contributed by atoms with E-state index in [1.165, 1.54) is 0 Å². The van der Waals surface area contributed by atoms with Crippen molar-refractivity contribution in [3.05, 3.63) is 18.3 Å². The fraction of sp³-hybridized carbons (Fsp3) is 0.500. The molecule has 0 aliphatic carbocycles. The second kappa shape index (κ2) is 8.15. The molecule has 114 valence electrons. The molecule has 0 saturated heterocycles. The first-order chi connectivity index (χ1) is 10.0. The van der Waals surface area contributed by atoms with Crippen molar-refractivity contribution in [2.24, 2.45) is 5.92 Å². The van der Waals surface area contributed by atoms with Gasteiger partial charge < -0.3 is 14.9 Å². The van der Waals surface area contributed by atoms with Crippen molar-refractivity contribution in [1.82, 2.24) is 4.98 Å². The summed E-state index contributed by atoms with van der Waals surface area (Å²) in [7, 11) is 0. The van der Waals surface area contributed by atoms with Gasteiger partial charge in [-0.2, -0.15) is 0 Å². The summed E-state index contributed by atoms with van der Waals surface area (Å²) in [4.78, 5) is 19.4. The standard InChI is InChI=1S/C16H23N3O2/c1-5-10-19(12-13(4)16(20)21)14-8-9-15(17-11-14)18(6-2)7-3/h1,8-9,11,13H,6-7,10,12H2,2-4H3,(H,20,21). The van der Waals surface area contributed by atoms with E-state index in [4.69, 9.17) is 11.5 Å². The number of carbonyl (C=O) groups is 1. The summed E-state index contributed by atoms with van der Waals surface area (Å²) in [6.45, 7) is 8.36. The SMILES string of the molecule is C#CCN(CC(C)C(=O)O)c1ccc(N(CC)CC)nc1. The molecule has 5 nitrogen and oxygen atoms in total. The van der Waals surface area contributed by atoms with Gasteiger partial charge in [0.15, 0.2) is 0 Å². The Morgan fingerprint density at radius 3 is 2.48 bits per heavy atom. The molecule has 5 heteroatoms. The van der Waals surface area contributed by atoms with Crippen LogP contribution in [0.25, 0.3) is 0 Å². The van der Waals surface area contributed by atoms with Gasteiger partial charge in [-0.25, -0.2) is 4.98 Å². The lowest BCUT2D eigenvalue weighted by molar-refractivity contribution is -0.140. The topological polar surface area (TPSA) is 56.7 Å². The predicted octanol–water partition coefficient (Wildman–Crippen LogP) is 2.09. The number of anilines is 2. The van der Waals surface area contributed by atoms with E-state index in [0.29, 0.717) is 13.1 Å². The Bertz CT molecular complexity index is 489. The highest BCUT2D eigenvalue weighted by atomic mass is 16.4. The van der Waals surface area contributed by atoms with Gasteiger partial charge in [0.2, 0.25) is 0 Å². The van der Waals surface area contributed by atoms with Crippen molar-refractivity contribution in [2.75, 3.05) is 36.0 Å². The maximum atomic E-state index is 11.0. The summed E-state index contributed by atoms with van der Waals surface area (Å²) >= 11 is 0. The molecule has 1 rings (SSSR count). The average molecular weight is 289 g/mol. The van der Waals surface area contributed by atoms with E-state index in [1.54, 1.807) is 13.1 Å². The van der Waals surface area contributed by atoms with Crippen LogP contribution in [0.2, 0.25) is 0 Å². The highest BCUT2D eigenvalue weighted by Crippen LogP contribution is 2.18. The normalized spacial score (nSPS) is 11.5. The Balaban J connectivity index is 2.89. The van der Waals surface area contributed by atoms with Crippen molar-refractivity contribution in [3.63, 3.8) is 0 Å². The quantitative estimate of drug-likeness (QED) is 0.743. The number of carboxylic acid groups (broad SMARTS) is 1. The molecule has 0 amide bonds. The molecule has 1 unspecified atom stereocenters. The van der Waals surface area contributed by atoms with E-state index >= 15 is 0 Å². The molecule has 0 aliphatic heterocycles. The molecule has 1 N–H and O–H groups in total. The van der Waals surface area contributed by atoms with Crippen LogP contribution in [0.15, 0.2) is 18.3 Å². The number of terminal acetylenes is 1. The van der Waals surface area contributed by atoms with Crippen molar-refractivity contribution < 1.29 is 9.90 Å². The minimum atomic E-state index is -0.829. The van der Waals surface area contributed by atoms with Gasteiger partial charge in [0.1, 0.15) is 5.82 Å². The van der Waals surface area contributed by atoms with Crippen LogP contribution in [0.5, 0.6) is 0 Å². The van der Waals surface area contributed by atoms with Crippen LogP contribution in [-0.4, -0.2) is 42.2 Å². The van der Waals surface area contributed by atoms with Gasteiger partial charge in [0.05, 0.1) is 24.3 Å². The first kappa shape index (κ1) is 16.8. The van der Waals surface area contributed by atoms with Crippen molar-refractivity contribution >= 4 is 17.5 Å². The van der Waals surface area contributed by atoms with Crippen LogP contribution in [-0.2, 0) is 4.79 Å². The molecule has 0 fully saturated rings. The molecule has 0 radical (unpaired) electrons. The first-order valence-electron chi connectivity index (χ1n) is 7.15. The number of hydrogen-bond acceptors (Lipinski definition) is 4. The zero-order chi connectivity index (χ0) is 15.8. The predicted molar refractivity (Wildman–Crippen MR) is 85.6 cm³/mol.